The Morgan fingerprint density at radius 1 is 1.53 bits per heavy atom. The van der Waals surface area contributed by atoms with Gasteiger partial charge in [0.2, 0.25) is 0 Å². The molecule has 3 nitrogen and oxygen atoms in total. The van der Waals surface area contributed by atoms with Crippen molar-refractivity contribution in [3.05, 3.63) is 33.3 Å². The first-order valence-electron chi connectivity index (χ1n) is 4.57. The van der Waals surface area contributed by atoms with Crippen molar-refractivity contribution < 1.29 is 18.7 Å². The zero-order valence-corrected chi connectivity index (χ0v) is 10.9. The van der Waals surface area contributed by atoms with Crippen LogP contribution in [0.4, 0.5) is 8.78 Å². The number of hydrogen-bond donors (Lipinski definition) is 2. The monoisotopic (exact) mass is 327 g/mol. The molecule has 0 heterocycles. The molecule has 94 valence electrons. The van der Waals surface area contributed by atoms with Crippen LogP contribution in [0.25, 0.3) is 0 Å². The Kier molecular flexibility index (Phi) is 4.85. The van der Waals surface area contributed by atoms with Crippen LogP contribution < -0.4 is 5.32 Å². The van der Waals surface area contributed by atoms with Gasteiger partial charge in [-0.2, -0.15) is 0 Å². The fraction of sp³-hybridized carbons (Fsp3) is 0.300. The van der Waals surface area contributed by atoms with Gasteiger partial charge < -0.3 is 10.4 Å². The van der Waals surface area contributed by atoms with Crippen molar-refractivity contribution in [1.29, 1.82) is 0 Å². The number of aliphatic hydroxyl groups is 1. The second-order valence-electron chi connectivity index (χ2n) is 3.33. The highest BCUT2D eigenvalue weighted by Gasteiger charge is 2.28. The molecule has 1 rings (SSSR count). The molecule has 1 aromatic carbocycles. The summed E-state index contributed by atoms with van der Waals surface area (Å²) in [5, 5.41) is 10.8. The lowest BCUT2D eigenvalue weighted by Crippen LogP contribution is -2.38. The van der Waals surface area contributed by atoms with Gasteiger partial charge in [-0.15, -0.1) is 0 Å². The summed E-state index contributed by atoms with van der Waals surface area (Å²) in [6.07, 6.45) is 0. The SMILES string of the molecule is O=C(NCC(F)(F)CO)c1ccc(Cl)c(Br)c1. The molecule has 0 bridgehead atoms. The molecule has 0 aliphatic carbocycles. The van der Waals surface area contributed by atoms with Crippen molar-refractivity contribution in [2.45, 2.75) is 5.92 Å². The maximum Gasteiger partial charge on any atom is 0.287 e. The summed E-state index contributed by atoms with van der Waals surface area (Å²) in [5.41, 5.74) is 0.204. The van der Waals surface area contributed by atoms with Gasteiger partial charge in [-0.1, -0.05) is 11.6 Å². The van der Waals surface area contributed by atoms with E-state index >= 15 is 0 Å². The van der Waals surface area contributed by atoms with Gasteiger partial charge in [0.25, 0.3) is 11.8 Å². The number of carbonyl (C=O) groups is 1. The standard InChI is InChI=1S/C10H9BrClF2NO2/c11-7-3-6(1-2-8(7)12)9(17)15-4-10(13,14)5-16/h1-3,16H,4-5H2,(H,15,17). The Labute approximate surface area is 110 Å². The van der Waals surface area contributed by atoms with Crippen LogP contribution in [-0.2, 0) is 0 Å². The van der Waals surface area contributed by atoms with Crippen molar-refractivity contribution in [3.8, 4) is 0 Å². The van der Waals surface area contributed by atoms with Crippen molar-refractivity contribution >= 4 is 33.4 Å². The van der Waals surface area contributed by atoms with Gasteiger partial charge >= 0.3 is 0 Å². The van der Waals surface area contributed by atoms with Gasteiger partial charge in [-0.25, -0.2) is 8.78 Å². The highest BCUT2D eigenvalue weighted by atomic mass is 79.9. The summed E-state index contributed by atoms with van der Waals surface area (Å²) < 4.78 is 25.9. The van der Waals surface area contributed by atoms with Gasteiger partial charge in [-0.3, -0.25) is 4.79 Å². The number of carbonyl (C=O) groups excluding carboxylic acids is 1. The first-order chi connectivity index (χ1) is 7.85. The summed E-state index contributed by atoms with van der Waals surface area (Å²) >= 11 is 8.84. The number of halogens is 4. The molecule has 1 aromatic rings. The highest BCUT2D eigenvalue weighted by Crippen LogP contribution is 2.23. The van der Waals surface area contributed by atoms with E-state index in [1.807, 2.05) is 5.32 Å². The van der Waals surface area contributed by atoms with Gasteiger partial charge in [0.1, 0.15) is 6.61 Å². The third kappa shape index (κ3) is 4.22. The van der Waals surface area contributed by atoms with E-state index in [-0.39, 0.29) is 5.56 Å². The molecule has 0 aliphatic rings. The Morgan fingerprint density at radius 2 is 2.18 bits per heavy atom. The molecule has 0 saturated carbocycles. The number of alkyl halides is 2. The van der Waals surface area contributed by atoms with Gasteiger partial charge in [0.05, 0.1) is 11.6 Å². The highest BCUT2D eigenvalue weighted by molar-refractivity contribution is 9.10. The first kappa shape index (κ1) is 14.3. The number of benzene rings is 1. The molecule has 17 heavy (non-hydrogen) atoms. The van der Waals surface area contributed by atoms with E-state index in [1.165, 1.54) is 18.2 Å². The second-order valence-corrected chi connectivity index (χ2v) is 4.59. The predicted molar refractivity (Wildman–Crippen MR) is 63.5 cm³/mol. The minimum Gasteiger partial charge on any atom is -0.390 e. The molecule has 0 aromatic heterocycles. The van der Waals surface area contributed by atoms with Gasteiger partial charge in [0.15, 0.2) is 0 Å². The first-order valence-corrected chi connectivity index (χ1v) is 5.75. The van der Waals surface area contributed by atoms with E-state index in [2.05, 4.69) is 15.9 Å². The number of aliphatic hydroxyl groups excluding tert-OH is 1. The normalized spacial score (nSPS) is 11.4. The molecule has 0 radical (unpaired) electrons. The molecular formula is C10H9BrClF2NO2. The number of nitrogens with one attached hydrogen (secondary N) is 1. The summed E-state index contributed by atoms with van der Waals surface area (Å²) in [7, 11) is 0. The van der Waals surface area contributed by atoms with E-state index < -0.39 is 25.0 Å². The summed E-state index contributed by atoms with van der Waals surface area (Å²) in [5.74, 6) is -3.98. The zero-order chi connectivity index (χ0) is 13.1. The van der Waals surface area contributed by atoms with E-state index in [4.69, 9.17) is 16.7 Å². The maximum absolute atomic E-state index is 12.7. The van der Waals surface area contributed by atoms with Gasteiger partial charge in [0, 0.05) is 10.0 Å². The van der Waals surface area contributed by atoms with Gasteiger partial charge in [-0.05, 0) is 34.1 Å². The second kappa shape index (κ2) is 5.75. The van der Waals surface area contributed by atoms with Crippen LogP contribution in [0.5, 0.6) is 0 Å². The average molecular weight is 329 g/mol. The Hall–Kier alpha value is -0.720. The molecule has 7 heteroatoms. The largest absolute Gasteiger partial charge is 0.390 e. The van der Waals surface area contributed by atoms with Crippen LogP contribution in [0.15, 0.2) is 22.7 Å². The number of rotatable bonds is 4. The number of hydrogen-bond acceptors (Lipinski definition) is 2. The van der Waals surface area contributed by atoms with Crippen LogP contribution >= 0.6 is 27.5 Å². The van der Waals surface area contributed by atoms with Crippen LogP contribution in [0.2, 0.25) is 5.02 Å². The maximum atomic E-state index is 12.7. The fourth-order valence-corrected chi connectivity index (χ4v) is 1.50. The smallest absolute Gasteiger partial charge is 0.287 e. The molecule has 0 atom stereocenters. The van der Waals surface area contributed by atoms with Crippen LogP contribution in [0, 0.1) is 0 Å². The lowest BCUT2D eigenvalue weighted by molar-refractivity contribution is -0.0462. The van der Waals surface area contributed by atoms with Crippen molar-refractivity contribution in [2.24, 2.45) is 0 Å². The predicted octanol–water partition coefficient (Wildman–Crippen LogP) is 2.46. The molecule has 0 spiro atoms. The Balaban J connectivity index is 2.68. The van der Waals surface area contributed by atoms with E-state index in [0.717, 1.165) is 0 Å². The summed E-state index contributed by atoms with van der Waals surface area (Å²) in [4.78, 5) is 11.5. The van der Waals surface area contributed by atoms with E-state index in [1.54, 1.807) is 0 Å². The fourth-order valence-electron chi connectivity index (χ4n) is 1.00. The van der Waals surface area contributed by atoms with Crippen LogP contribution in [0.1, 0.15) is 10.4 Å². The van der Waals surface area contributed by atoms with E-state index in [9.17, 15) is 13.6 Å². The van der Waals surface area contributed by atoms with Crippen LogP contribution in [0.3, 0.4) is 0 Å². The molecule has 0 saturated heterocycles. The van der Waals surface area contributed by atoms with Crippen molar-refractivity contribution in [3.63, 3.8) is 0 Å². The Bertz CT molecular complexity index is 429. The minimum atomic E-state index is -3.32. The van der Waals surface area contributed by atoms with Crippen molar-refractivity contribution in [1.82, 2.24) is 5.32 Å². The van der Waals surface area contributed by atoms with Crippen molar-refractivity contribution in [2.75, 3.05) is 13.2 Å². The van der Waals surface area contributed by atoms with Crippen LogP contribution in [-0.4, -0.2) is 30.1 Å². The topological polar surface area (TPSA) is 49.3 Å². The molecule has 2 N–H and O–H groups in total. The number of amides is 1. The molecular weight excluding hydrogens is 319 g/mol. The zero-order valence-electron chi connectivity index (χ0n) is 8.51. The minimum absolute atomic E-state index is 0.204. The third-order valence-electron chi connectivity index (χ3n) is 1.92. The molecule has 0 unspecified atom stereocenters. The third-order valence-corrected chi connectivity index (χ3v) is 3.13. The Morgan fingerprint density at radius 3 is 2.71 bits per heavy atom. The lowest BCUT2D eigenvalue weighted by Gasteiger charge is -2.14. The average Bonchev–Trinajstić information content (AvgIpc) is 2.30. The lowest BCUT2D eigenvalue weighted by atomic mass is 10.2. The molecule has 0 fully saturated rings. The molecule has 1 amide bonds. The quantitative estimate of drug-likeness (QED) is 0.892. The van der Waals surface area contributed by atoms with E-state index in [0.29, 0.717) is 9.50 Å². The summed E-state index contributed by atoms with van der Waals surface area (Å²) in [6, 6.07) is 4.32. The summed E-state index contributed by atoms with van der Waals surface area (Å²) in [6.45, 7) is -2.22. The molecule has 0 aliphatic heterocycles.